The van der Waals surface area contributed by atoms with Gasteiger partial charge in [0.15, 0.2) is 0 Å². The number of nitrogens with one attached hydrogen (secondary N) is 2. The third kappa shape index (κ3) is 5.19. The Morgan fingerprint density at radius 1 is 1.16 bits per heavy atom. The standard InChI is InChI=1S/C19H20Cl2N2O2/c20-14-9-15(21)11-16(10-14)23-19(24)18(13-5-2-1-3-6-13)22-12-17-7-4-8-25-17/h1-3,5-6,9-11,17-18,22H,4,7-8,12H2,(H,23,24)/t17-,18+/m1/s1. The number of amides is 1. The molecular weight excluding hydrogens is 359 g/mol. The fraction of sp³-hybridized carbons (Fsp3) is 0.316. The van der Waals surface area contributed by atoms with Gasteiger partial charge in [0.1, 0.15) is 6.04 Å². The molecule has 0 bridgehead atoms. The summed E-state index contributed by atoms with van der Waals surface area (Å²) in [5, 5.41) is 7.17. The summed E-state index contributed by atoms with van der Waals surface area (Å²) < 4.78 is 5.64. The second-order valence-electron chi connectivity index (χ2n) is 6.03. The molecule has 3 rings (SSSR count). The number of carbonyl (C=O) groups is 1. The average Bonchev–Trinajstić information content (AvgIpc) is 3.08. The van der Waals surface area contributed by atoms with Gasteiger partial charge < -0.3 is 10.1 Å². The zero-order chi connectivity index (χ0) is 17.6. The van der Waals surface area contributed by atoms with Crippen LogP contribution >= 0.6 is 23.2 Å². The van der Waals surface area contributed by atoms with Crippen LogP contribution in [0.3, 0.4) is 0 Å². The van der Waals surface area contributed by atoms with E-state index in [-0.39, 0.29) is 12.0 Å². The van der Waals surface area contributed by atoms with Gasteiger partial charge in [-0.2, -0.15) is 0 Å². The molecule has 0 aromatic heterocycles. The highest BCUT2D eigenvalue weighted by Crippen LogP contribution is 2.24. The lowest BCUT2D eigenvalue weighted by Crippen LogP contribution is -2.37. The number of hydrogen-bond donors (Lipinski definition) is 2. The van der Waals surface area contributed by atoms with Crippen LogP contribution in [-0.2, 0) is 9.53 Å². The molecule has 2 N–H and O–H groups in total. The molecule has 1 amide bonds. The Hall–Kier alpha value is -1.59. The number of carbonyl (C=O) groups excluding carboxylic acids is 1. The van der Waals surface area contributed by atoms with E-state index in [1.54, 1.807) is 18.2 Å². The van der Waals surface area contributed by atoms with Crippen molar-refractivity contribution in [1.82, 2.24) is 5.32 Å². The molecule has 2 aromatic carbocycles. The predicted molar refractivity (Wildman–Crippen MR) is 101 cm³/mol. The van der Waals surface area contributed by atoms with E-state index in [9.17, 15) is 4.79 Å². The molecule has 0 saturated carbocycles. The molecule has 0 radical (unpaired) electrons. The van der Waals surface area contributed by atoms with E-state index in [0.29, 0.717) is 22.3 Å². The van der Waals surface area contributed by atoms with E-state index >= 15 is 0 Å². The van der Waals surface area contributed by atoms with Gasteiger partial charge in [-0.1, -0.05) is 53.5 Å². The number of hydrogen-bond acceptors (Lipinski definition) is 3. The Morgan fingerprint density at radius 2 is 1.88 bits per heavy atom. The molecule has 1 saturated heterocycles. The maximum atomic E-state index is 12.8. The summed E-state index contributed by atoms with van der Waals surface area (Å²) in [4.78, 5) is 12.8. The average molecular weight is 379 g/mol. The lowest BCUT2D eigenvalue weighted by molar-refractivity contribution is -0.118. The highest BCUT2D eigenvalue weighted by Gasteiger charge is 2.23. The first-order valence-electron chi connectivity index (χ1n) is 8.29. The van der Waals surface area contributed by atoms with Crippen molar-refractivity contribution in [2.45, 2.75) is 25.0 Å². The minimum Gasteiger partial charge on any atom is -0.377 e. The molecule has 1 aliphatic rings. The minimum absolute atomic E-state index is 0.152. The quantitative estimate of drug-likeness (QED) is 0.780. The van der Waals surface area contributed by atoms with Crippen LogP contribution in [0.1, 0.15) is 24.4 Å². The third-order valence-corrected chi connectivity index (χ3v) is 4.54. The summed E-state index contributed by atoms with van der Waals surface area (Å²) in [6.07, 6.45) is 2.23. The molecule has 6 heteroatoms. The molecule has 1 aliphatic heterocycles. The van der Waals surface area contributed by atoms with Crippen LogP contribution in [-0.4, -0.2) is 25.2 Å². The Morgan fingerprint density at radius 3 is 2.52 bits per heavy atom. The van der Waals surface area contributed by atoms with Gasteiger partial charge >= 0.3 is 0 Å². The summed E-state index contributed by atoms with van der Waals surface area (Å²) in [5.41, 5.74) is 1.47. The molecule has 1 heterocycles. The van der Waals surface area contributed by atoms with Crippen LogP contribution in [0.25, 0.3) is 0 Å². The zero-order valence-electron chi connectivity index (χ0n) is 13.7. The van der Waals surface area contributed by atoms with E-state index in [0.717, 1.165) is 25.0 Å². The summed E-state index contributed by atoms with van der Waals surface area (Å²) in [6.45, 7) is 1.42. The normalized spacial score (nSPS) is 18.1. The zero-order valence-corrected chi connectivity index (χ0v) is 15.2. The molecule has 1 fully saturated rings. The first kappa shape index (κ1) is 18.2. The Labute approximate surface area is 157 Å². The second-order valence-corrected chi connectivity index (χ2v) is 6.91. The Balaban J connectivity index is 1.73. The number of ether oxygens (including phenoxy) is 1. The fourth-order valence-electron chi connectivity index (χ4n) is 2.90. The Bertz CT molecular complexity index is 698. The molecular formula is C19H20Cl2N2O2. The van der Waals surface area contributed by atoms with Gasteiger partial charge in [0.2, 0.25) is 5.91 Å². The first-order valence-corrected chi connectivity index (χ1v) is 9.04. The van der Waals surface area contributed by atoms with Crippen molar-refractivity contribution >= 4 is 34.8 Å². The molecule has 2 atom stereocenters. The Kier molecular flexibility index (Phi) is 6.32. The highest BCUT2D eigenvalue weighted by atomic mass is 35.5. The van der Waals surface area contributed by atoms with Crippen molar-refractivity contribution in [3.05, 3.63) is 64.1 Å². The summed E-state index contributed by atoms with van der Waals surface area (Å²) in [6, 6.07) is 14.1. The van der Waals surface area contributed by atoms with Gasteiger partial charge in [0.25, 0.3) is 0 Å². The third-order valence-electron chi connectivity index (χ3n) is 4.10. The molecule has 2 aromatic rings. The minimum atomic E-state index is -0.483. The number of anilines is 1. The molecule has 132 valence electrons. The van der Waals surface area contributed by atoms with Crippen LogP contribution in [0, 0.1) is 0 Å². The van der Waals surface area contributed by atoms with E-state index in [2.05, 4.69) is 10.6 Å². The molecule has 4 nitrogen and oxygen atoms in total. The van der Waals surface area contributed by atoms with Crippen LogP contribution in [0.15, 0.2) is 48.5 Å². The summed E-state index contributed by atoms with van der Waals surface area (Å²) >= 11 is 12.0. The lowest BCUT2D eigenvalue weighted by Gasteiger charge is -2.21. The smallest absolute Gasteiger partial charge is 0.246 e. The van der Waals surface area contributed by atoms with Crippen molar-refractivity contribution in [2.24, 2.45) is 0 Å². The highest BCUT2D eigenvalue weighted by molar-refractivity contribution is 6.35. The van der Waals surface area contributed by atoms with E-state index in [4.69, 9.17) is 27.9 Å². The van der Waals surface area contributed by atoms with Crippen LogP contribution < -0.4 is 10.6 Å². The second kappa shape index (κ2) is 8.68. The van der Waals surface area contributed by atoms with Gasteiger partial charge in [-0.3, -0.25) is 10.1 Å². The number of rotatable bonds is 6. The van der Waals surface area contributed by atoms with Crippen molar-refractivity contribution in [1.29, 1.82) is 0 Å². The van der Waals surface area contributed by atoms with Crippen LogP contribution in [0.4, 0.5) is 5.69 Å². The van der Waals surface area contributed by atoms with Gasteiger partial charge in [-0.05, 0) is 36.6 Å². The molecule has 25 heavy (non-hydrogen) atoms. The van der Waals surface area contributed by atoms with Crippen LogP contribution in [0.5, 0.6) is 0 Å². The van der Waals surface area contributed by atoms with Crippen LogP contribution in [0.2, 0.25) is 10.0 Å². The van der Waals surface area contributed by atoms with Gasteiger partial charge in [0, 0.05) is 28.9 Å². The maximum Gasteiger partial charge on any atom is 0.246 e. The number of benzene rings is 2. The molecule has 0 spiro atoms. The van der Waals surface area contributed by atoms with Crippen molar-refractivity contribution < 1.29 is 9.53 Å². The number of halogens is 2. The lowest BCUT2D eigenvalue weighted by atomic mass is 10.1. The van der Waals surface area contributed by atoms with Gasteiger partial charge in [-0.25, -0.2) is 0 Å². The van der Waals surface area contributed by atoms with E-state index in [1.165, 1.54) is 0 Å². The van der Waals surface area contributed by atoms with Gasteiger partial charge in [0.05, 0.1) is 6.10 Å². The summed E-state index contributed by atoms with van der Waals surface area (Å²) in [5.74, 6) is -0.164. The van der Waals surface area contributed by atoms with E-state index < -0.39 is 6.04 Å². The monoisotopic (exact) mass is 378 g/mol. The fourth-order valence-corrected chi connectivity index (χ4v) is 3.43. The van der Waals surface area contributed by atoms with E-state index in [1.807, 2.05) is 30.3 Å². The maximum absolute atomic E-state index is 12.8. The SMILES string of the molecule is O=C(Nc1cc(Cl)cc(Cl)c1)[C@@H](NC[C@H]1CCCO1)c1ccccc1. The topological polar surface area (TPSA) is 50.4 Å². The van der Waals surface area contributed by atoms with Gasteiger partial charge in [-0.15, -0.1) is 0 Å². The van der Waals surface area contributed by atoms with Crippen molar-refractivity contribution in [3.63, 3.8) is 0 Å². The first-order chi connectivity index (χ1) is 12.1. The predicted octanol–water partition coefficient (Wildman–Crippen LogP) is 4.44. The summed E-state index contributed by atoms with van der Waals surface area (Å²) in [7, 11) is 0. The van der Waals surface area contributed by atoms with Crippen molar-refractivity contribution in [3.8, 4) is 0 Å². The largest absolute Gasteiger partial charge is 0.377 e. The van der Waals surface area contributed by atoms with Crippen molar-refractivity contribution in [2.75, 3.05) is 18.5 Å². The molecule has 0 unspecified atom stereocenters. The molecule has 0 aliphatic carbocycles.